The van der Waals surface area contributed by atoms with E-state index in [4.69, 9.17) is 0 Å². The smallest absolute Gasteiger partial charge is 0.0541 e. The van der Waals surface area contributed by atoms with Crippen LogP contribution in [-0.4, -0.2) is 4.57 Å². The van der Waals surface area contributed by atoms with Crippen LogP contribution >= 0.6 is 0 Å². The summed E-state index contributed by atoms with van der Waals surface area (Å²) >= 11 is 0. The molecule has 0 saturated carbocycles. The van der Waals surface area contributed by atoms with Gasteiger partial charge in [-0.2, -0.15) is 0 Å². The Hall–Kier alpha value is -8.98. The molecule has 0 amide bonds. The molecule has 1 heterocycles. The normalized spacial score (nSPS) is 13.9. The number of hydrogen-bond acceptors (Lipinski definition) is 1. The highest BCUT2D eigenvalue weighted by atomic mass is 15.1. The van der Waals surface area contributed by atoms with Crippen LogP contribution in [0.5, 0.6) is 0 Å². The van der Waals surface area contributed by atoms with Crippen LogP contribution in [0.3, 0.4) is 0 Å². The van der Waals surface area contributed by atoms with E-state index in [1.807, 2.05) is 0 Å². The van der Waals surface area contributed by atoms with E-state index >= 15 is 0 Å². The standard InChI is InChI=1S/C78H66N2/c1-50-41-56(52-21-13-10-14-22-52)43-58(42-50)75-64(38-39-70-69(75)49-77(70,5)6)57-44-59(76(2,3)4)47-63(45-57)80-73-26-18-16-24-67(73)68-46-55(31-40-74(68)80)54-29-34-61(35-30-54)79(60-32-27-53(28-33-60)51-19-11-9-12-20-51)62-36-37-66-65-23-15-17-25-71(65)78(7,8)72(66)48-62/h9-48H,49H2,1-8H3. The minimum atomic E-state index is -0.118. The van der Waals surface area contributed by atoms with E-state index in [1.165, 1.54) is 128 Å². The van der Waals surface area contributed by atoms with Crippen molar-refractivity contribution in [2.45, 2.75) is 78.1 Å². The van der Waals surface area contributed by atoms with Crippen molar-refractivity contribution < 1.29 is 0 Å². The number of aromatic nitrogens is 1. The molecular weight excluding hydrogens is 965 g/mol. The molecule has 11 aromatic carbocycles. The van der Waals surface area contributed by atoms with Crippen molar-refractivity contribution in [3.05, 3.63) is 276 Å². The molecule has 0 saturated heterocycles. The van der Waals surface area contributed by atoms with Gasteiger partial charge in [0.2, 0.25) is 0 Å². The van der Waals surface area contributed by atoms with Gasteiger partial charge in [0.15, 0.2) is 0 Å². The third-order valence-electron chi connectivity index (χ3n) is 17.7. The summed E-state index contributed by atoms with van der Waals surface area (Å²) in [5.74, 6) is 0. The first kappa shape index (κ1) is 49.3. The number of fused-ring (bicyclic) bond motifs is 7. The summed E-state index contributed by atoms with van der Waals surface area (Å²) in [5.41, 5.74) is 30.2. The first-order valence-electron chi connectivity index (χ1n) is 28.5. The second-order valence-corrected chi connectivity index (χ2v) is 24.8. The van der Waals surface area contributed by atoms with Gasteiger partial charge in [0.05, 0.1) is 11.0 Å². The van der Waals surface area contributed by atoms with Crippen LogP contribution in [-0.2, 0) is 22.7 Å². The summed E-state index contributed by atoms with van der Waals surface area (Å²) in [5, 5.41) is 2.48. The first-order valence-corrected chi connectivity index (χ1v) is 28.5. The quantitative estimate of drug-likeness (QED) is 0.140. The molecule has 2 aliphatic rings. The lowest BCUT2D eigenvalue weighted by Gasteiger charge is -2.41. The SMILES string of the molecule is Cc1cc(-c2ccccc2)cc(-c2c(-c3cc(-n4c5ccccc5c5cc(-c6ccc(N(c7ccc(-c8ccccc8)cc7)c7ccc8c(c7)C(C)(C)c7ccccc7-8)cc6)ccc54)cc(C(C)(C)C)c3)ccc3c2CC3(C)C)c1. The summed E-state index contributed by atoms with van der Waals surface area (Å²) in [6, 6.07) is 91.1. The largest absolute Gasteiger partial charge is 0.310 e. The molecule has 0 aliphatic heterocycles. The Bertz CT molecular complexity index is 4390. The van der Waals surface area contributed by atoms with Gasteiger partial charge in [-0.25, -0.2) is 0 Å². The molecule has 0 radical (unpaired) electrons. The zero-order chi connectivity index (χ0) is 54.7. The molecule has 388 valence electrons. The van der Waals surface area contributed by atoms with Crippen molar-refractivity contribution in [1.82, 2.24) is 4.57 Å². The number of nitrogens with zero attached hydrogens (tertiary/aromatic N) is 2. The fourth-order valence-electron chi connectivity index (χ4n) is 13.5. The van der Waals surface area contributed by atoms with Crippen LogP contribution in [0, 0.1) is 6.92 Å². The average molecular weight is 1030 g/mol. The second-order valence-electron chi connectivity index (χ2n) is 24.8. The summed E-state index contributed by atoms with van der Waals surface area (Å²) in [7, 11) is 0. The van der Waals surface area contributed by atoms with Crippen molar-refractivity contribution in [3.63, 3.8) is 0 Å². The zero-order valence-electron chi connectivity index (χ0n) is 47.2. The van der Waals surface area contributed by atoms with Crippen LogP contribution in [0.4, 0.5) is 17.1 Å². The first-order chi connectivity index (χ1) is 38.7. The third kappa shape index (κ3) is 8.23. The molecule has 2 nitrogen and oxygen atoms in total. The monoisotopic (exact) mass is 1030 g/mol. The van der Waals surface area contributed by atoms with E-state index in [0.29, 0.717) is 0 Å². The molecule has 0 atom stereocenters. The van der Waals surface area contributed by atoms with Gasteiger partial charge in [0, 0.05) is 38.9 Å². The van der Waals surface area contributed by atoms with Crippen molar-refractivity contribution in [3.8, 4) is 72.4 Å². The number of anilines is 3. The van der Waals surface area contributed by atoms with E-state index in [-0.39, 0.29) is 16.2 Å². The maximum atomic E-state index is 2.51. The lowest BCUT2D eigenvalue weighted by molar-refractivity contribution is 0.457. The van der Waals surface area contributed by atoms with Crippen LogP contribution in [0.1, 0.15) is 81.8 Å². The van der Waals surface area contributed by atoms with Gasteiger partial charge < -0.3 is 9.47 Å². The predicted molar refractivity (Wildman–Crippen MR) is 340 cm³/mol. The van der Waals surface area contributed by atoms with Crippen molar-refractivity contribution in [2.24, 2.45) is 0 Å². The Morgan fingerprint density at radius 1 is 0.388 bits per heavy atom. The topological polar surface area (TPSA) is 8.17 Å². The highest BCUT2D eigenvalue weighted by Crippen LogP contribution is 2.53. The molecule has 2 heteroatoms. The number of hydrogen-bond donors (Lipinski definition) is 0. The lowest BCUT2D eigenvalue weighted by atomic mass is 9.63. The summed E-state index contributed by atoms with van der Waals surface area (Å²) in [4.78, 5) is 2.42. The molecule has 80 heavy (non-hydrogen) atoms. The molecule has 0 unspecified atom stereocenters. The van der Waals surface area contributed by atoms with E-state index in [2.05, 4.69) is 308 Å². The molecule has 0 fully saturated rings. The highest BCUT2D eigenvalue weighted by molar-refractivity contribution is 6.10. The zero-order valence-corrected chi connectivity index (χ0v) is 47.2. The number of aryl methyl sites for hydroxylation is 1. The minimum absolute atomic E-state index is 0.0984. The van der Waals surface area contributed by atoms with E-state index in [0.717, 1.165) is 23.5 Å². The van der Waals surface area contributed by atoms with Gasteiger partial charge in [-0.05, 0) is 197 Å². The molecular formula is C78H66N2. The number of para-hydroxylation sites is 1. The number of rotatable bonds is 9. The van der Waals surface area contributed by atoms with E-state index in [1.54, 1.807) is 0 Å². The lowest BCUT2D eigenvalue weighted by Crippen LogP contribution is -2.33. The van der Waals surface area contributed by atoms with Crippen molar-refractivity contribution in [1.29, 1.82) is 0 Å². The predicted octanol–water partition coefficient (Wildman–Crippen LogP) is 21.3. The van der Waals surface area contributed by atoms with Crippen LogP contribution in [0.2, 0.25) is 0 Å². The summed E-state index contributed by atoms with van der Waals surface area (Å²) in [6.45, 7) is 18.8. The maximum Gasteiger partial charge on any atom is 0.0541 e. The molecule has 1 aromatic heterocycles. The van der Waals surface area contributed by atoms with Crippen LogP contribution in [0.25, 0.3) is 94.3 Å². The Kier molecular flexibility index (Phi) is 11.4. The van der Waals surface area contributed by atoms with Crippen LogP contribution in [0.15, 0.2) is 243 Å². The fraction of sp³-hybridized carbons (Fsp3) is 0.154. The maximum absolute atomic E-state index is 2.51. The average Bonchev–Trinajstić information content (AvgIpc) is 3.64. The van der Waals surface area contributed by atoms with Gasteiger partial charge in [0.1, 0.15) is 0 Å². The van der Waals surface area contributed by atoms with E-state index in [9.17, 15) is 0 Å². The van der Waals surface area contributed by atoms with Crippen molar-refractivity contribution in [2.75, 3.05) is 4.90 Å². The summed E-state index contributed by atoms with van der Waals surface area (Å²) in [6.07, 6.45) is 1.05. The Morgan fingerprint density at radius 3 is 1.65 bits per heavy atom. The van der Waals surface area contributed by atoms with Crippen LogP contribution < -0.4 is 4.90 Å². The molecule has 0 bridgehead atoms. The molecule has 2 aliphatic carbocycles. The Labute approximate surface area is 472 Å². The minimum Gasteiger partial charge on any atom is -0.310 e. The summed E-state index contributed by atoms with van der Waals surface area (Å²) < 4.78 is 2.51. The van der Waals surface area contributed by atoms with E-state index < -0.39 is 0 Å². The fourth-order valence-corrected chi connectivity index (χ4v) is 13.5. The molecule has 12 aromatic rings. The highest BCUT2D eigenvalue weighted by Gasteiger charge is 2.38. The van der Waals surface area contributed by atoms with Gasteiger partial charge in [-0.3, -0.25) is 0 Å². The second kappa shape index (κ2) is 18.6. The molecule has 0 spiro atoms. The Balaban J connectivity index is 0.872. The van der Waals surface area contributed by atoms with Gasteiger partial charge in [-0.15, -0.1) is 0 Å². The van der Waals surface area contributed by atoms with Gasteiger partial charge in [-0.1, -0.05) is 218 Å². The van der Waals surface area contributed by atoms with Gasteiger partial charge >= 0.3 is 0 Å². The van der Waals surface area contributed by atoms with Crippen molar-refractivity contribution >= 4 is 38.9 Å². The van der Waals surface area contributed by atoms with Gasteiger partial charge in [0.25, 0.3) is 0 Å². The molecule has 14 rings (SSSR count). The number of benzene rings is 11. The Morgan fingerprint density at radius 2 is 0.950 bits per heavy atom. The third-order valence-corrected chi connectivity index (χ3v) is 17.7. The molecule has 0 N–H and O–H groups in total.